The first-order chi connectivity index (χ1) is 6.09. The van der Waals surface area contributed by atoms with Gasteiger partial charge in [0.1, 0.15) is 5.38 Å². The monoisotopic (exact) mass is 217 g/mol. The highest BCUT2D eigenvalue weighted by Gasteiger charge is 2.08. The van der Waals surface area contributed by atoms with Gasteiger partial charge in [-0.3, -0.25) is 4.79 Å². The van der Waals surface area contributed by atoms with Crippen LogP contribution in [0.3, 0.4) is 0 Å². The fraction of sp³-hybridized carbons (Fsp3) is 0.222. The minimum Gasteiger partial charge on any atom is -0.325 e. The number of amides is 1. The molecule has 0 bridgehead atoms. The molecular formula is C9H9Cl2NO. The van der Waals surface area contributed by atoms with Crippen LogP contribution < -0.4 is 5.32 Å². The van der Waals surface area contributed by atoms with Crippen LogP contribution in [0.15, 0.2) is 24.3 Å². The molecule has 1 aromatic rings. The van der Waals surface area contributed by atoms with Gasteiger partial charge < -0.3 is 5.32 Å². The molecule has 0 radical (unpaired) electrons. The first-order valence-electron chi connectivity index (χ1n) is 3.80. The third-order valence-electron chi connectivity index (χ3n) is 1.47. The van der Waals surface area contributed by atoms with Crippen molar-refractivity contribution in [2.24, 2.45) is 0 Å². The molecule has 1 atom stereocenters. The molecule has 70 valence electrons. The van der Waals surface area contributed by atoms with E-state index < -0.39 is 5.38 Å². The van der Waals surface area contributed by atoms with Gasteiger partial charge in [-0.25, -0.2) is 0 Å². The molecule has 1 rings (SSSR count). The van der Waals surface area contributed by atoms with Gasteiger partial charge in [0.05, 0.1) is 0 Å². The predicted octanol–water partition coefficient (Wildman–Crippen LogP) is 2.91. The summed E-state index contributed by atoms with van der Waals surface area (Å²) < 4.78 is 0. The van der Waals surface area contributed by atoms with Crippen molar-refractivity contribution in [3.8, 4) is 0 Å². The summed E-state index contributed by atoms with van der Waals surface area (Å²) in [4.78, 5) is 11.1. The van der Waals surface area contributed by atoms with Crippen LogP contribution in [0.5, 0.6) is 0 Å². The van der Waals surface area contributed by atoms with Gasteiger partial charge in [0, 0.05) is 10.7 Å². The predicted molar refractivity (Wildman–Crippen MR) is 55.4 cm³/mol. The molecule has 0 aliphatic heterocycles. The van der Waals surface area contributed by atoms with E-state index in [4.69, 9.17) is 23.2 Å². The minimum atomic E-state index is -0.532. The number of carbonyl (C=O) groups is 1. The van der Waals surface area contributed by atoms with E-state index in [0.29, 0.717) is 10.7 Å². The van der Waals surface area contributed by atoms with Gasteiger partial charge >= 0.3 is 0 Å². The van der Waals surface area contributed by atoms with Gasteiger partial charge in [0.15, 0.2) is 0 Å². The van der Waals surface area contributed by atoms with E-state index >= 15 is 0 Å². The Morgan fingerprint density at radius 1 is 1.38 bits per heavy atom. The Labute approximate surface area is 86.8 Å². The number of nitrogens with one attached hydrogen (secondary N) is 1. The Morgan fingerprint density at radius 2 is 1.92 bits per heavy atom. The first kappa shape index (κ1) is 10.4. The second-order valence-corrected chi connectivity index (χ2v) is 3.70. The zero-order valence-corrected chi connectivity index (χ0v) is 8.56. The molecule has 0 saturated heterocycles. The number of alkyl halides is 1. The fourth-order valence-corrected chi connectivity index (χ4v) is 0.955. The van der Waals surface area contributed by atoms with E-state index in [-0.39, 0.29) is 5.91 Å². The van der Waals surface area contributed by atoms with Gasteiger partial charge in [-0.05, 0) is 31.2 Å². The SMILES string of the molecule is C[C@H](Cl)C(=O)Nc1ccc(Cl)cc1. The number of hydrogen-bond acceptors (Lipinski definition) is 1. The molecule has 1 aromatic carbocycles. The minimum absolute atomic E-state index is 0.219. The molecule has 4 heteroatoms. The number of rotatable bonds is 2. The lowest BCUT2D eigenvalue weighted by Crippen LogP contribution is -2.20. The fourth-order valence-electron chi connectivity index (χ4n) is 0.775. The Kier molecular flexibility index (Phi) is 3.58. The highest BCUT2D eigenvalue weighted by atomic mass is 35.5. The molecule has 0 aromatic heterocycles. The van der Waals surface area contributed by atoms with Crippen molar-refractivity contribution in [1.82, 2.24) is 0 Å². The van der Waals surface area contributed by atoms with E-state index in [2.05, 4.69) is 5.32 Å². The average molecular weight is 218 g/mol. The zero-order chi connectivity index (χ0) is 9.84. The summed E-state index contributed by atoms with van der Waals surface area (Å²) >= 11 is 11.2. The van der Waals surface area contributed by atoms with Gasteiger partial charge in [0.25, 0.3) is 0 Å². The third kappa shape index (κ3) is 3.25. The molecule has 1 N–H and O–H groups in total. The topological polar surface area (TPSA) is 29.1 Å². The number of carbonyl (C=O) groups excluding carboxylic acids is 1. The second kappa shape index (κ2) is 4.49. The molecule has 1 amide bonds. The average Bonchev–Trinajstić information content (AvgIpc) is 2.08. The molecule has 0 aliphatic carbocycles. The Hall–Kier alpha value is -0.730. The molecule has 13 heavy (non-hydrogen) atoms. The normalized spacial score (nSPS) is 12.2. The van der Waals surface area contributed by atoms with E-state index in [0.717, 1.165) is 0 Å². The lowest BCUT2D eigenvalue weighted by atomic mass is 10.3. The molecule has 0 saturated carbocycles. The molecule has 0 aliphatic rings. The Morgan fingerprint density at radius 3 is 2.38 bits per heavy atom. The van der Waals surface area contributed by atoms with Crippen molar-refractivity contribution >= 4 is 34.8 Å². The van der Waals surface area contributed by atoms with E-state index in [9.17, 15) is 4.79 Å². The summed E-state index contributed by atoms with van der Waals surface area (Å²) in [6.07, 6.45) is 0. The standard InChI is InChI=1S/C9H9Cl2NO/c1-6(10)9(13)12-8-4-2-7(11)3-5-8/h2-6H,1H3,(H,12,13)/t6-/m0/s1. The Bertz CT molecular complexity index is 295. The third-order valence-corrected chi connectivity index (χ3v) is 1.92. The summed E-state index contributed by atoms with van der Waals surface area (Å²) in [5.41, 5.74) is 0.696. The van der Waals surface area contributed by atoms with Crippen LogP contribution in [-0.2, 0) is 4.79 Å². The van der Waals surface area contributed by atoms with Crippen molar-refractivity contribution in [2.45, 2.75) is 12.3 Å². The molecule has 0 heterocycles. The molecule has 0 unspecified atom stereocenters. The quantitative estimate of drug-likeness (QED) is 0.759. The Balaban J connectivity index is 2.65. The van der Waals surface area contributed by atoms with Crippen molar-refractivity contribution < 1.29 is 4.79 Å². The summed E-state index contributed by atoms with van der Waals surface area (Å²) in [6.45, 7) is 1.62. The van der Waals surface area contributed by atoms with Crippen LogP contribution in [0, 0.1) is 0 Å². The second-order valence-electron chi connectivity index (χ2n) is 2.61. The maximum atomic E-state index is 11.1. The van der Waals surface area contributed by atoms with E-state index in [1.54, 1.807) is 31.2 Å². The first-order valence-corrected chi connectivity index (χ1v) is 4.61. The molecule has 0 fully saturated rings. The number of hydrogen-bond donors (Lipinski definition) is 1. The number of benzene rings is 1. The largest absolute Gasteiger partial charge is 0.325 e. The van der Waals surface area contributed by atoms with Crippen LogP contribution in [0.2, 0.25) is 5.02 Å². The number of halogens is 2. The van der Waals surface area contributed by atoms with Gasteiger partial charge in [0.2, 0.25) is 5.91 Å². The van der Waals surface area contributed by atoms with E-state index in [1.807, 2.05) is 0 Å². The molecule has 2 nitrogen and oxygen atoms in total. The highest BCUT2D eigenvalue weighted by molar-refractivity contribution is 6.32. The van der Waals surface area contributed by atoms with Crippen LogP contribution in [-0.4, -0.2) is 11.3 Å². The lowest BCUT2D eigenvalue weighted by molar-refractivity contribution is -0.115. The van der Waals surface area contributed by atoms with Crippen molar-refractivity contribution in [3.63, 3.8) is 0 Å². The van der Waals surface area contributed by atoms with Gasteiger partial charge in [-0.15, -0.1) is 11.6 Å². The maximum absolute atomic E-state index is 11.1. The highest BCUT2D eigenvalue weighted by Crippen LogP contribution is 2.13. The number of anilines is 1. The summed E-state index contributed by atoms with van der Waals surface area (Å²) in [5, 5.41) is 2.74. The van der Waals surface area contributed by atoms with Crippen molar-refractivity contribution in [2.75, 3.05) is 5.32 Å². The van der Waals surface area contributed by atoms with Crippen LogP contribution in [0.4, 0.5) is 5.69 Å². The smallest absolute Gasteiger partial charge is 0.242 e. The van der Waals surface area contributed by atoms with Gasteiger partial charge in [-0.1, -0.05) is 11.6 Å². The summed E-state index contributed by atoms with van der Waals surface area (Å²) in [7, 11) is 0. The molecule has 0 spiro atoms. The van der Waals surface area contributed by atoms with Crippen LogP contribution >= 0.6 is 23.2 Å². The lowest BCUT2D eigenvalue weighted by Gasteiger charge is -2.05. The van der Waals surface area contributed by atoms with Crippen LogP contribution in [0.25, 0.3) is 0 Å². The van der Waals surface area contributed by atoms with Gasteiger partial charge in [-0.2, -0.15) is 0 Å². The van der Waals surface area contributed by atoms with Crippen molar-refractivity contribution in [3.05, 3.63) is 29.3 Å². The zero-order valence-electron chi connectivity index (χ0n) is 7.05. The summed E-state index contributed by atoms with van der Waals surface area (Å²) in [5.74, 6) is -0.219. The van der Waals surface area contributed by atoms with Crippen LogP contribution in [0.1, 0.15) is 6.92 Å². The summed E-state index contributed by atoms with van der Waals surface area (Å²) in [6, 6.07) is 6.85. The van der Waals surface area contributed by atoms with Crippen molar-refractivity contribution in [1.29, 1.82) is 0 Å². The van der Waals surface area contributed by atoms with E-state index in [1.165, 1.54) is 0 Å². The maximum Gasteiger partial charge on any atom is 0.242 e. The molecular weight excluding hydrogens is 209 g/mol.